The van der Waals surface area contributed by atoms with Crippen molar-refractivity contribution in [2.24, 2.45) is 0 Å². The van der Waals surface area contributed by atoms with E-state index in [-0.39, 0.29) is 0 Å². The Morgan fingerprint density at radius 2 is 2.25 bits per heavy atom. The third kappa shape index (κ3) is 1.70. The van der Waals surface area contributed by atoms with E-state index < -0.39 is 18.0 Å². The maximum atomic E-state index is 11.9. The van der Waals surface area contributed by atoms with Crippen LogP contribution in [0.3, 0.4) is 0 Å². The predicted molar refractivity (Wildman–Crippen MR) is 70.9 cm³/mol. The van der Waals surface area contributed by atoms with Gasteiger partial charge in [0.25, 0.3) is 0 Å². The van der Waals surface area contributed by atoms with Crippen LogP contribution in [0.1, 0.15) is 48.7 Å². The summed E-state index contributed by atoms with van der Waals surface area (Å²) in [6.07, 6.45) is 0.876. The Bertz CT molecular complexity index is 709. The van der Waals surface area contributed by atoms with E-state index in [4.69, 9.17) is 13.9 Å². The number of esters is 2. The molecule has 0 radical (unpaired) electrons. The van der Waals surface area contributed by atoms with Gasteiger partial charge in [-0.25, -0.2) is 9.59 Å². The van der Waals surface area contributed by atoms with Crippen molar-refractivity contribution in [3.63, 3.8) is 0 Å². The molecular formula is C15H14O5. The van der Waals surface area contributed by atoms with Gasteiger partial charge < -0.3 is 13.9 Å². The van der Waals surface area contributed by atoms with Crippen LogP contribution in [0.25, 0.3) is 11.2 Å². The SMILES string of the molecule is C=C(CCC)C(=O)OC(C)c1c2c3oc1cc3C(=O)O2. The lowest BCUT2D eigenvalue weighted by atomic mass is 10.1. The quantitative estimate of drug-likeness (QED) is 0.617. The molecule has 0 amide bonds. The molecule has 1 atom stereocenters. The number of carbonyl (C=O) groups is 2. The van der Waals surface area contributed by atoms with Crippen LogP contribution in [0.15, 0.2) is 22.6 Å². The van der Waals surface area contributed by atoms with Gasteiger partial charge >= 0.3 is 11.9 Å². The molecule has 104 valence electrons. The van der Waals surface area contributed by atoms with E-state index in [1.165, 1.54) is 0 Å². The van der Waals surface area contributed by atoms with Crippen molar-refractivity contribution >= 4 is 23.1 Å². The summed E-state index contributed by atoms with van der Waals surface area (Å²) in [5.41, 5.74) is 2.44. The van der Waals surface area contributed by atoms with Crippen molar-refractivity contribution < 1.29 is 23.5 Å². The van der Waals surface area contributed by atoms with Crippen LogP contribution in [-0.2, 0) is 9.53 Å². The molecule has 0 saturated heterocycles. The van der Waals surface area contributed by atoms with Crippen molar-refractivity contribution in [3.8, 4) is 5.75 Å². The van der Waals surface area contributed by atoms with Gasteiger partial charge in [0, 0.05) is 5.57 Å². The smallest absolute Gasteiger partial charge is 0.347 e. The van der Waals surface area contributed by atoms with E-state index >= 15 is 0 Å². The van der Waals surface area contributed by atoms with Crippen LogP contribution in [0.5, 0.6) is 5.75 Å². The van der Waals surface area contributed by atoms with Gasteiger partial charge in [-0.2, -0.15) is 0 Å². The van der Waals surface area contributed by atoms with Crippen LogP contribution in [0, 0.1) is 0 Å². The van der Waals surface area contributed by atoms with Crippen molar-refractivity contribution in [1.82, 2.24) is 0 Å². The Morgan fingerprint density at radius 3 is 2.95 bits per heavy atom. The van der Waals surface area contributed by atoms with Gasteiger partial charge in [-0.1, -0.05) is 19.9 Å². The molecule has 0 N–H and O–H groups in total. The molecule has 20 heavy (non-hydrogen) atoms. The summed E-state index contributed by atoms with van der Waals surface area (Å²) in [6, 6.07) is 1.62. The number of carbonyl (C=O) groups excluding carboxylic acids is 2. The highest BCUT2D eigenvalue weighted by Gasteiger charge is 2.37. The molecule has 2 bridgehead atoms. The summed E-state index contributed by atoms with van der Waals surface area (Å²) in [4.78, 5) is 23.4. The maximum Gasteiger partial charge on any atom is 0.347 e. The Hall–Kier alpha value is -2.30. The van der Waals surface area contributed by atoms with Crippen LogP contribution in [-0.4, -0.2) is 11.9 Å². The molecule has 1 aliphatic rings. The first-order valence-corrected chi connectivity index (χ1v) is 6.52. The number of hydrogen-bond acceptors (Lipinski definition) is 5. The second kappa shape index (κ2) is 4.37. The molecule has 0 spiro atoms. The fourth-order valence-electron chi connectivity index (χ4n) is 2.42. The minimum absolute atomic E-state index is 0.379. The number of benzene rings is 1. The minimum atomic E-state index is -0.553. The van der Waals surface area contributed by atoms with Gasteiger partial charge in [0.05, 0.1) is 5.56 Å². The summed E-state index contributed by atoms with van der Waals surface area (Å²) < 4.78 is 16.0. The summed E-state index contributed by atoms with van der Waals surface area (Å²) in [5, 5.41) is 0. The number of furan rings is 2. The zero-order valence-corrected chi connectivity index (χ0v) is 11.3. The average molecular weight is 274 g/mol. The molecule has 0 saturated carbocycles. The topological polar surface area (TPSA) is 65.7 Å². The molecule has 0 aliphatic carbocycles. The van der Waals surface area contributed by atoms with Crippen LogP contribution in [0.4, 0.5) is 0 Å². The second-order valence-corrected chi connectivity index (χ2v) is 4.89. The molecule has 0 fully saturated rings. The first-order chi connectivity index (χ1) is 9.52. The molecule has 3 rings (SSSR count). The zero-order valence-electron chi connectivity index (χ0n) is 11.3. The fourth-order valence-corrected chi connectivity index (χ4v) is 2.42. The fraction of sp³-hybridized carbons (Fsp3) is 0.333. The first kappa shape index (κ1) is 12.7. The summed E-state index contributed by atoms with van der Waals surface area (Å²) in [6.45, 7) is 7.38. The number of rotatable bonds is 5. The van der Waals surface area contributed by atoms with E-state index in [0.29, 0.717) is 40.0 Å². The highest BCUT2D eigenvalue weighted by molar-refractivity contribution is 6.09. The second-order valence-electron chi connectivity index (χ2n) is 4.89. The highest BCUT2D eigenvalue weighted by atomic mass is 16.6. The number of ether oxygens (including phenoxy) is 2. The maximum absolute atomic E-state index is 11.9. The van der Waals surface area contributed by atoms with Crippen molar-refractivity contribution in [2.45, 2.75) is 32.8 Å². The van der Waals surface area contributed by atoms with Gasteiger partial charge in [0.15, 0.2) is 11.3 Å². The molecule has 0 aromatic carbocycles. The van der Waals surface area contributed by atoms with E-state index in [2.05, 4.69) is 6.58 Å². The molecule has 2 aromatic rings. The lowest BCUT2D eigenvalue weighted by Crippen LogP contribution is -2.11. The minimum Gasteiger partial charge on any atom is -0.454 e. The summed E-state index contributed by atoms with van der Waals surface area (Å²) >= 11 is 0. The molecule has 1 unspecified atom stereocenters. The number of hydrogen-bond donors (Lipinski definition) is 0. The predicted octanol–water partition coefficient (Wildman–Crippen LogP) is 3.36. The van der Waals surface area contributed by atoms with E-state index in [9.17, 15) is 9.59 Å². The molecule has 3 heterocycles. The zero-order chi connectivity index (χ0) is 14.4. The third-order valence-electron chi connectivity index (χ3n) is 3.39. The summed E-state index contributed by atoms with van der Waals surface area (Å²) in [7, 11) is 0. The molecular weight excluding hydrogens is 260 g/mol. The van der Waals surface area contributed by atoms with Crippen molar-refractivity contribution in [3.05, 3.63) is 29.3 Å². The third-order valence-corrected chi connectivity index (χ3v) is 3.39. The standard InChI is InChI=1S/C15H14O5/c1-4-5-7(2)14(16)18-8(3)11-10-6-9-12(19-10)13(11)20-15(9)17/h6,8H,2,4-5H2,1,3H3. The lowest BCUT2D eigenvalue weighted by molar-refractivity contribution is -0.143. The van der Waals surface area contributed by atoms with Gasteiger partial charge in [-0.3, -0.25) is 0 Å². The van der Waals surface area contributed by atoms with Crippen molar-refractivity contribution in [1.29, 1.82) is 0 Å². The largest absolute Gasteiger partial charge is 0.454 e. The molecule has 2 aromatic heterocycles. The van der Waals surface area contributed by atoms with Crippen LogP contribution < -0.4 is 4.74 Å². The van der Waals surface area contributed by atoms with Crippen LogP contribution >= 0.6 is 0 Å². The lowest BCUT2D eigenvalue weighted by Gasteiger charge is -2.13. The molecule has 1 aliphatic heterocycles. The Kier molecular flexibility index (Phi) is 2.78. The highest BCUT2D eigenvalue weighted by Crippen LogP contribution is 2.47. The normalized spacial score (nSPS) is 14.6. The van der Waals surface area contributed by atoms with E-state index in [1.54, 1.807) is 13.0 Å². The first-order valence-electron chi connectivity index (χ1n) is 6.52. The van der Waals surface area contributed by atoms with Crippen LogP contribution in [0.2, 0.25) is 0 Å². The van der Waals surface area contributed by atoms with Gasteiger partial charge in [0.2, 0.25) is 0 Å². The van der Waals surface area contributed by atoms with Gasteiger partial charge in [0.1, 0.15) is 17.3 Å². The summed E-state index contributed by atoms with van der Waals surface area (Å²) in [5.74, 6) is -0.479. The average Bonchev–Trinajstić information content (AvgIpc) is 3.00. The molecule has 5 nitrogen and oxygen atoms in total. The van der Waals surface area contributed by atoms with E-state index in [1.807, 2.05) is 6.92 Å². The van der Waals surface area contributed by atoms with Gasteiger partial charge in [-0.05, 0) is 19.4 Å². The number of fused-ring (bicyclic) bond motifs is 1. The monoisotopic (exact) mass is 274 g/mol. The Balaban J connectivity index is 1.82. The van der Waals surface area contributed by atoms with Gasteiger partial charge in [-0.15, -0.1) is 0 Å². The van der Waals surface area contributed by atoms with Crippen molar-refractivity contribution in [2.75, 3.05) is 0 Å². The Labute approximate surface area is 115 Å². The Morgan fingerprint density at radius 1 is 1.50 bits per heavy atom. The molecule has 5 heteroatoms. The van der Waals surface area contributed by atoms with E-state index in [0.717, 1.165) is 6.42 Å².